The highest BCUT2D eigenvalue weighted by Crippen LogP contribution is 2.32. The fraction of sp³-hybridized carbons (Fsp3) is 0.263. The van der Waals surface area contributed by atoms with E-state index >= 15 is 0 Å². The van der Waals surface area contributed by atoms with Gasteiger partial charge in [0.25, 0.3) is 11.8 Å². The van der Waals surface area contributed by atoms with Gasteiger partial charge in [-0.1, -0.05) is 36.4 Å². The third-order valence-corrected chi connectivity index (χ3v) is 4.06. The molecule has 1 aliphatic rings. The van der Waals surface area contributed by atoms with Gasteiger partial charge in [-0.15, -0.1) is 0 Å². The minimum atomic E-state index is -0.106. The Labute approximate surface area is 135 Å². The molecule has 2 N–H and O–H groups in total. The predicted octanol–water partition coefficient (Wildman–Crippen LogP) is 2.63. The first-order chi connectivity index (χ1) is 11.2. The fourth-order valence-corrected chi connectivity index (χ4v) is 2.57. The first-order valence-electron chi connectivity index (χ1n) is 7.93. The van der Waals surface area contributed by atoms with Crippen LogP contribution in [0.3, 0.4) is 0 Å². The first-order valence-corrected chi connectivity index (χ1v) is 7.93. The van der Waals surface area contributed by atoms with Gasteiger partial charge in [-0.2, -0.15) is 0 Å². The number of amides is 2. The molecule has 0 bridgehead atoms. The number of nitrogens with one attached hydrogen (secondary N) is 2. The SMILES string of the molecule is O=C(NC[C@H](NC(=O)c1ccccc1)C1CC1)c1ccccc1. The minimum Gasteiger partial charge on any atom is -0.350 e. The summed E-state index contributed by atoms with van der Waals surface area (Å²) < 4.78 is 0. The maximum Gasteiger partial charge on any atom is 0.251 e. The lowest BCUT2D eigenvalue weighted by Crippen LogP contribution is -2.45. The van der Waals surface area contributed by atoms with Gasteiger partial charge in [0.05, 0.1) is 0 Å². The Morgan fingerprint density at radius 3 is 1.91 bits per heavy atom. The van der Waals surface area contributed by atoms with Crippen LogP contribution in [-0.4, -0.2) is 24.4 Å². The summed E-state index contributed by atoms with van der Waals surface area (Å²) in [6.45, 7) is 0.455. The van der Waals surface area contributed by atoms with E-state index in [1.807, 2.05) is 36.4 Å². The molecule has 0 aliphatic heterocycles. The molecule has 1 saturated carbocycles. The Bertz CT molecular complexity index is 666. The highest BCUT2D eigenvalue weighted by Gasteiger charge is 2.32. The van der Waals surface area contributed by atoms with Crippen molar-refractivity contribution in [3.05, 3.63) is 71.8 Å². The molecule has 1 fully saturated rings. The summed E-state index contributed by atoms with van der Waals surface area (Å²) in [6, 6.07) is 18.3. The van der Waals surface area contributed by atoms with Crippen LogP contribution >= 0.6 is 0 Å². The Kier molecular flexibility index (Phi) is 4.71. The van der Waals surface area contributed by atoms with E-state index in [1.54, 1.807) is 24.3 Å². The van der Waals surface area contributed by atoms with Crippen molar-refractivity contribution < 1.29 is 9.59 Å². The molecule has 3 rings (SSSR count). The number of hydrogen-bond acceptors (Lipinski definition) is 2. The van der Waals surface area contributed by atoms with Crippen LogP contribution in [0, 0.1) is 5.92 Å². The molecule has 0 spiro atoms. The Hall–Kier alpha value is -2.62. The quantitative estimate of drug-likeness (QED) is 0.862. The number of carbonyl (C=O) groups is 2. The Morgan fingerprint density at radius 1 is 0.870 bits per heavy atom. The highest BCUT2D eigenvalue weighted by molar-refractivity contribution is 5.95. The minimum absolute atomic E-state index is 0.0182. The van der Waals surface area contributed by atoms with Gasteiger partial charge in [-0.3, -0.25) is 9.59 Å². The molecule has 0 saturated heterocycles. The summed E-state index contributed by atoms with van der Waals surface area (Å²) in [5.41, 5.74) is 1.28. The monoisotopic (exact) mass is 308 g/mol. The predicted molar refractivity (Wildman–Crippen MR) is 89.2 cm³/mol. The van der Waals surface area contributed by atoms with Crippen LogP contribution in [0.2, 0.25) is 0 Å². The molecule has 0 aromatic heterocycles. The van der Waals surface area contributed by atoms with Crippen LogP contribution in [0.1, 0.15) is 33.6 Å². The van der Waals surface area contributed by atoms with Crippen molar-refractivity contribution in [1.82, 2.24) is 10.6 Å². The van der Waals surface area contributed by atoms with Crippen LogP contribution in [0.25, 0.3) is 0 Å². The molecule has 118 valence electrons. The molecular formula is C19H20N2O2. The molecule has 4 nitrogen and oxygen atoms in total. The molecule has 4 heteroatoms. The molecule has 0 radical (unpaired) electrons. The second-order valence-corrected chi connectivity index (χ2v) is 5.86. The van der Waals surface area contributed by atoms with Gasteiger partial charge in [-0.05, 0) is 43.0 Å². The van der Waals surface area contributed by atoms with Gasteiger partial charge in [0.1, 0.15) is 0 Å². The number of carbonyl (C=O) groups excluding carboxylic acids is 2. The summed E-state index contributed by atoms with van der Waals surface area (Å²) in [5, 5.41) is 5.97. The zero-order valence-electron chi connectivity index (χ0n) is 12.9. The van der Waals surface area contributed by atoms with Crippen molar-refractivity contribution in [1.29, 1.82) is 0 Å². The van der Waals surface area contributed by atoms with Crippen molar-refractivity contribution in [2.45, 2.75) is 18.9 Å². The van der Waals surface area contributed by atoms with Crippen LogP contribution in [0.15, 0.2) is 60.7 Å². The standard InChI is InChI=1S/C19H20N2O2/c22-18(15-7-3-1-4-8-15)20-13-17(14-11-12-14)21-19(23)16-9-5-2-6-10-16/h1-10,14,17H,11-13H2,(H,20,22)(H,21,23)/t17-/m0/s1. The summed E-state index contributed by atoms with van der Waals surface area (Å²) in [6.07, 6.45) is 2.20. The smallest absolute Gasteiger partial charge is 0.251 e. The van der Waals surface area contributed by atoms with Gasteiger partial charge >= 0.3 is 0 Å². The first kappa shape index (κ1) is 15.3. The van der Waals surface area contributed by atoms with E-state index in [9.17, 15) is 9.59 Å². The topological polar surface area (TPSA) is 58.2 Å². The van der Waals surface area contributed by atoms with Crippen LogP contribution in [0.4, 0.5) is 0 Å². The lowest BCUT2D eigenvalue weighted by molar-refractivity contribution is 0.0903. The van der Waals surface area contributed by atoms with E-state index in [0.29, 0.717) is 23.6 Å². The highest BCUT2D eigenvalue weighted by atomic mass is 16.2. The average molecular weight is 308 g/mol. The van der Waals surface area contributed by atoms with E-state index in [4.69, 9.17) is 0 Å². The Balaban J connectivity index is 1.57. The zero-order chi connectivity index (χ0) is 16.1. The van der Waals surface area contributed by atoms with Gasteiger partial charge in [0.2, 0.25) is 0 Å². The summed E-state index contributed by atoms with van der Waals surface area (Å²) >= 11 is 0. The van der Waals surface area contributed by atoms with Crippen molar-refractivity contribution in [3.8, 4) is 0 Å². The lowest BCUT2D eigenvalue weighted by Gasteiger charge is -2.19. The van der Waals surface area contributed by atoms with Crippen molar-refractivity contribution in [2.24, 2.45) is 5.92 Å². The van der Waals surface area contributed by atoms with Crippen LogP contribution in [-0.2, 0) is 0 Å². The van der Waals surface area contributed by atoms with E-state index in [1.165, 1.54) is 0 Å². The van der Waals surface area contributed by atoms with Gasteiger partial charge in [-0.25, -0.2) is 0 Å². The average Bonchev–Trinajstić information content (AvgIpc) is 3.44. The fourth-order valence-electron chi connectivity index (χ4n) is 2.57. The van der Waals surface area contributed by atoms with E-state index in [2.05, 4.69) is 10.6 Å². The molecule has 2 aromatic rings. The van der Waals surface area contributed by atoms with Crippen LogP contribution in [0.5, 0.6) is 0 Å². The summed E-state index contributed by atoms with van der Waals surface area (Å²) in [5.74, 6) is 0.264. The van der Waals surface area contributed by atoms with Crippen LogP contribution < -0.4 is 10.6 Å². The van der Waals surface area contributed by atoms with Crippen molar-refractivity contribution in [2.75, 3.05) is 6.54 Å². The molecular weight excluding hydrogens is 288 g/mol. The van der Waals surface area contributed by atoms with Crippen molar-refractivity contribution in [3.63, 3.8) is 0 Å². The number of rotatable bonds is 6. The molecule has 2 amide bonds. The van der Waals surface area contributed by atoms with Crippen molar-refractivity contribution >= 4 is 11.8 Å². The molecule has 2 aromatic carbocycles. The van der Waals surface area contributed by atoms with Gasteiger partial charge in [0.15, 0.2) is 0 Å². The summed E-state index contributed by atoms with van der Waals surface area (Å²) in [7, 11) is 0. The third-order valence-electron chi connectivity index (χ3n) is 4.06. The molecule has 0 heterocycles. The molecule has 1 atom stereocenters. The third kappa shape index (κ3) is 4.19. The maximum absolute atomic E-state index is 12.3. The molecule has 1 aliphatic carbocycles. The number of benzene rings is 2. The second-order valence-electron chi connectivity index (χ2n) is 5.86. The molecule has 0 unspecified atom stereocenters. The maximum atomic E-state index is 12.3. The Morgan fingerprint density at radius 2 is 1.39 bits per heavy atom. The lowest BCUT2D eigenvalue weighted by atomic mass is 10.1. The van der Waals surface area contributed by atoms with Gasteiger partial charge in [0, 0.05) is 23.7 Å². The zero-order valence-corrected chi connectivity index (χ0v) is 12.9. The normalized spacial score (nSPS) is 14.8. The second kappa shape index (κ2) is 7.09. The summed E-state index contributed by atoms with van der Waals surface area (Å²) in [4.78, 5) is 24.4. The largest absolute Gasteiger partial charge is 0.350 e. The van der Waals surface area contributed by atoms with Gasteiger partial charge < -0.3 is 10.6 Å². The number of hydrogen-bond donors (Lipinski definition) is 2. The van der Waals surface area contributed by atoms with E-state index in [-0.39, 0.29) is 17.9 Å². The van der Waals surface area contributed by atoms with E-state index in [0.717, 1.165) is 12.8 Å². The molecule has 23 heavy (non-hydrogen) atoms. The van der Waals surface area contributed by atoms with E-state index < -0.39 is 0 Å².